The van der Waals surface area contributed by atoms with Crippen LogP contribution in [-0.4, -0.2) is 10.3 Å². The predicted octanol–water partition coefficient (Wildman–Crippen LogP) is 6.13. The predicted molar refractivity (Wildman–Crippen MR) is 80.4 cm³/mol. The quantitative estimate of drug-likeness (QED) is 0.530. The van der Waals surface area contributed by atoms with Gasteiger partial charge in [0.25, 0.3) is 0 Å². The molecule has 0 unspecified atom stereocenters. The van der Waals surface area contributed by atoms with Gasteiger partial charge < -0.3 is 0 Å². The Bertz CT molecular complexity index is 328. The van der Waals surface area contributed by atoms with Crippen LogP contribution in [0.25, 0.3) is 0 Å². The van der Waals surface area contributed by atoms with E-state index in [0.29, 0.717) is 10.3 Å². The summed E-state index contributed by atoms with van der Waals surface area (Å²) < 4.78 is 0. The lowest BCUT2D eigenvalue weighted by atomic mass is 10.2. The summed E-state index contributed by atoms with van der Waals surface area (Å²) in [5.74, 6) is 5.10. The molecule has 0 saturated carbocycles. The van der Waals surface area contributed by atoms with Gasteiger partial charge in [-0.15, -0.1) is 0 Å². The third-order valence-corrected chi connectivity index (χ3v) is 12.8. The second kappa shape index (κ2) is 4.47. The molecule has 0 fully saturated rings. The average Bonchev–Trinajstić information content (AvgIpc) is 2.24. The van der Waals surface area contributed by atoms with Crippen molar-refractivity contribution in [2.45, 2.75) is 65.7 Å². The summed E-state index contributed by atoms with van der Waals surface area (Å²) in [4.78, 5) is 0. The second-order valence-electron chi connectivity index (χ2n) is 6.66. The van der Waals surface area contributed by atoms with Crippen molar-refractivity contribution >= 4 is 14.8 Å². The lowest BCUT2D eigenvalue weighted by Gasteiger charge is -2.41. The van der Waals surface area contributed by atoms with E-state index in [4.69, 9.17) is 0 Å². The summed E-state index contributed by atoms with van der Waals surface area (Å²) in [5.41, 5.74) is 3.01. The summed E-state index contributed by atoms with van der Waals surface area (Å²) in [6.45, 7) is 19.0. The zero-order valence-corrected chi connectivity index (χ0v) is 13.8. The molecule has 0 aliphatic heterocycles. The molecule has 0 aromatic carbocycles. The monoisotopic (exact) mass is 256 g/mol. The van der Waals surface area contributed by atoms with Crippen molar-refractivity contribution in [3.63, 3.8) is 0 Å². The standard InChI is InChI=1S/C14H26P2/c1-11-9-15(10-12(11)2)16(13(3,4)5)14(6,7)8/h9-10H,1-8H3. The third-order valence-electron chi connectivity index (χ3n) is 2.78. The van der Waals surface area contributed by atoms with Crippen LogP contribution in [0.2, 0.25) is 0 Å². The summed E-state index contributed by atoms with van der Waals surface area (Å²) >= 11 is 0. The van der Waals surface area contributed by atoms with Crippen molar-refractivity contribution in [2.24, 2.45) is 0 Å². The molecule has 1 rings (SSSR count). The highest BCUT2D eigenvalue weighted by Gasteiger charge is 2.35. The molecule has 0 aliphatic carbocycles. The first-order valence-corrected chi connectivity index (χ1v) is 9.52. The van der Waals surface area contributed by atoms with E-state index in [9.17, 15) is 0 Å². The van der Waals surface area contributed by atoms with Gasteiger partial charge in [0, 0.05) is 0 Å². The van der Waals surface area contributed by atoms with Crippen LogP contribution in [0, 0.1) is 13.8 Å². The molecule has 0 N–H and O–H groups in total. The van der Waals surface area contributed by atoms with Gasteiger partial charge in [0.1, 0.15) is 0 Å². The van der Waals surface area contributed by atoms with E-state index in [1.165, 1.54) is 11.1 Å². The Labute approximate surface area is 104 Å². The fourth-order valence-corrected chi connectivity index (χ4v) is 13.2. The Balaban J connectivity index is 3.23. The van der Waals surface area contributed by atoms with Gasteiger partial charge in [0.15, 0.2) is 0 Å². The molecule has 16 heavy (non-hydrogen) atoms. The molecular formula is C14H26P2. The highest BCUT2D eigenvalue weighted by Crippen LogP contribution is 2.76. The van der Waals surface area contributed by atoms with E-state index in [-0.39, 0.29) is 14.8 Å². The summed E-state index contributed by atoms with van der Waals surface area (Å²) in [6, 6.07) is 0. The van der Waals surface area contributed by atoms with E-state index < -0.39 is 0 Å². The maximum atomic E-state index is 2.55. The Morgan fingerprint density at radius 2 is 1.12 bits per heavy atom. The maximum Gasteiger partial charge on any atom is -0.0101 e. The number of hydrogen-bond acceptors (Lipinski definition) is 0. The van der Waals surface area contributed by atoms with Gasteiger partial charge in [0.2, 0.25) is 0 Å². The zero-order chi connectivity index (χ0) is 12.7. The maximum absolute atomic E-state index is 2.55. The Kier molecular flexibility index (Phi) is 3.99. The third kappa shape index (κ3) is 3.12. The minimum Gasteiger partial charge on any atom is -0.0987 e. The van der Waals surface area contributed by atoms with Crippen molar-refractivity contribution in [2.75, 3.05) is 0 Å². The molecular weight excluding hydrogens is 230 g/mol. The molecule has 1 heterocycles. The van der Waals surface area contributed by atoms with Crippen LogP contribution in [0.3, 0.4) is 0 Å². The van der Waals surface area contributed by atoms with Crippen molar-refractivity contribution < 1.29 is 0 Å². The van der Waals surface area contributed by atoms with E-state index in [1.807, 2.05) is 0 Å². The Hall–Kier alpha value is 0.210. The first-order chi connectivity index (χ1) is 7.03. The smallest absolute Gasteiger partial charge is 0.0101 e. The van der Waals surface area contributed by atoms with Gasteiger partial charge in [-0.1, -0.05) is 48.8 Å². The van der Waals surface area contributed by atoms with Crippen molar-refractivity contribution in [3.8, 4) is 0 Å². The molecule has 0 nitrogen and oxygen atoms in total. The van der Waals surface area contributed by atoms with Gasteiger partial charge in [0.05, 0.1) is 0 Å². The summed E-state index contributed by atoms with van der Waals surface area (Å²) in [6.07, 6.45) is 0. The van der Waals surface area contributed by atoms with Crippen molar-refractivity contribution in [3.05, 3.63) is 22.7 Å². The highest BCUT2D eigenvalue weighted by molar-refractivity contribution is 8.26. The van der Waals surface area contributed by atoms with Gasteiger partial charge >= 0.3 is 0 Å². The number of hydrogen-bond donors (Lipinski definition) is 0. The molecule has 0 amide bonds. The van der Waals surface area contributed by atoms with Crippen molar-refractivity contribution in [1.82, 2.24) is 0 Å². The minimum absolute atomic E-state index is 0.0149. The normalized spacial score (nSPS) is 13.6. The van der Waals surface area contributed by atoms with E-state index in [0.717, 1.165) is 0 Å². The topological polar surface area (TPSA) is 0 Å². The van der Waals surface area contributed by atoms with E-state index in [1.54, 1.807) is 0 Å². The van der Waals surface area contributed by atoms with Crippen LogP contribution in [0.5, 0.6) is 0 Å². The first-order valence-electron chi connectivity index (χ1n) is 5.99. The molecule has 0 saturated heterocycles. The SMILES string of the molecule is Cc1cp(P(C(C)(C)C)C(C)(C)C)cc1C. The van der Waals surface area contributed by atoms with Gasteiger partial charge in [-0.3, -0.25) is 0 Å². The molecule has 1 aromatic rings. The molecule has 0 aliphatic rings. The fraction of sp³-hybridized carbons (Fsp3) is 0.714. The molecule has 1 aromatic heterocycles. The van der Waals surface area contributed by atoms with E-state index in [2.05, 4.69) is 67.0 Å². The minimum atomic E-state index is -0.0226. The summed E-state index contributed by atoms with van der Waals surface area (Å²) in [5, 5.41) is 0.883. The number of rotatable bonds is 1. The molecule has 0 atom stereocenters. The van der Waals surface area contributed by atoms with Gasteiger partial charge in [-0.2, -0.15) is 0 Å². The zero-order valence-electron chi connectivity index (χ0n) is 12.0. The number of aryl methyl sites for hydroxylation is 2. The van der Waals surface area contributed by atoms with Gasteiger partial charge in [-0.05, 0) is 54.5 Å². The van der Waals surface area contributed by atoms with Crippen LogP contribution >= 0.6 is 14.8 Å². The highest BCUT2D eigenvalue weighted by atomic mass is 32.1. The Morgan fingerprint density at radius 1 is 0.812 bits per heavy atom. The fourth-order valence-electron chi connectivity index (χ4n) is 2.45. The van der Waals surface area contributed by atoms with E-state index >= 15 is 0 Å². The van der Waals surface area contributed by atoms with Crippen LogP contribution in [0.15, 0.2) is 11.6 Å². The first kappa shape index (κ1) is 14.3. The molecule has 0 radical (unpaired) electrons. The van der Waals surface area contributed by atoms with Gasteiger partial charge in [-0.25, -0.2) is 0 Å². The van der Waals surface area contributed by atoms with Crippen LogP contribution in [0.1, 0.15) is 52.7 Å². The molecule has 0 spiro atoms. The Morgan fingerprint density at radius 3 is 1.38 bits per heavy atom. The van der Waals surface area contributed by atoms with Crippen LogP contribution in [-0.2, 0) is 0 Å². The van der Waals surface area contributed by atoms with Crippen LogP contribution < -0.4 is 0 Å². The summed E-state index contributed by atoms with van der Waals surface area (Å²) in [7, 11) is -0.00772. The molecule has 2 heteroatoms. The second-order valence-corrected chi connectivity index (χ2v) is 13.8. The largest absolute Gasteiger partial charge is 0.0987 e. The average molecular weight is 256 g/mol. The van der Waals surface area contributed by atoms with Crippen molar-refractivity contribution in [1.29, 1.82) is 0 Å². The molecule has 92 valence electrons. The van der Waals surface area contributed by atoms with Crippen LogP contribution in [0.4, 0.5) is 0 Å². The lowest BCUT2D eigenvalue weighted by molar-refractivity contribution is 0.720. The molecule has 0 bridgehead atoms. The lowest BCUT2D eigenvalue weighted by Crippen LogP contribution is -2.22.